The molecule has 2 atom stereocenters. The van der Waals surface area contributed by atoms with Gasteiger partial charge in [-0.3, -0.25) is 4.79 Å². The first-order chi connectivity index (χ1) is 8.20. The molecule has 94 valence electrons. The van der Waals surface area contributed by atoms with Gasteiger partial charge in [-0.25, -0.2) is 0 Å². The molecule has 2 N–H and O–H groups in total. The van der Waals surface area contributed by atoms with Crippen molar-refractivity contribution in [3.8, 4) is 12.3 Å². The van der Waals surface area contributed by atoms with Gasteiger partial charge in [-0.2, -0.15) is 0 Å². The van der Waals surface area contributed by atoms with E-state index in [1.165, 1.54) is 25.9 Å². The molecule has 0 saturated carbocycles. The van der Waals surface area contributed by atoms with Crippen LogP contribution in [0.3, 0.4) is 0 Å². The van der Waals surface area contributed by atoms with Crippen LogP contribution in [-0.2, 0) is 4.79 Å². The van der Waals surface area contributed by atoms with E-state index in [2.05, 4.69) is 21.5 Å². The van der Waals surface area contributed by atoms with Crippen molar-refractivity contribution in [3.05, 3.63) is 0 Å². The second-order valence-corrected chi connectivity index (χ2v) is 5.05. The summed E-state index contributed by atoms with van der Waals surface area (Å²) in [4.78, 5) is 14.2. The average molecular weight is 235 g/mol. The molecular weight excluding hydrogens is 214 g/mol. The van der Waals surface area contributed by atoms with E-state index in [9.17, 15) is 4.79 Å². The zero-order valence-corrected chi connectivity index (χ0v) is 10.4. The minimum Gasteiger partial charge on any atom is -0.344 e. The highest BCUT2D eigenvalue weighted by Crippen LogP contribution is 2.27. The maximum atomic E-state index is 11.7. The molecule has 1 amide bonds. The molecule has 4 nitrogen and oxygen atoms in total. The Morgan fingerprint density at radius 1 is 1.53 bits per heavy atom. The molecule has 0 aromatic rings. The Labute approximate surface area is 103 Å². The van der Waals surface area contributed by atoms with Gasteiger partial charge in [0.15, 0.2) is 0 Å². The van der Waals surface area contributed by atoms with E-state index >= 15 is 0 Å². The number of terminal acetylenes is 1. The van der Waals surface area contributed by atoms with Gasteiger partial charge < -0.3 is 15.5 Å². The van der Waals surface area contributed by atoms with E-state index in [0.29, 0.717) is 12.6 Å². The minimum atomic E-state index is -0.158. The molecule has 0 aliphatic carbocycles. The summed E-state index contributed by atoms with van der Waals surface area (Å²) in [6.45, 7) is 5.74. The summed E-state index contributed by atoms with van der Waals surface area (Å²) in [5, 5.41) is 6.15. The van der Waals surface area contributed by atoms with Crippen molar-refractivity contribution in [2.45, 2.75) is 31.8 Å². The van der Waals surface area contributed by atoms with Crippen LogP contribution >= 0.6 is 0 Å². The Morgan fingerprint density at radius 2 is 2.24 bits per heavy atom. The number of nitrogens with one attached hydrogen (secondary N) is 2. The van der Waals surface area contributed by atoms with Gasteiger partial charge in [0.2, 0.25) is 5.91 Å². The SMILES string of the molecule is C#CCNC(=O)C(C)NC1CN2CCC1CC2. The third-order valence-corrected chi connectivity index (χ3v) is 3.88. The molecule has 0 aromatic carbocycles. The van der Waals surface area contributed by atoms with Crippen LogP contribution in [0, 0.1) is 18.3 Å². The maximum Gasteiger partial charge on any atom is 0.237 e. The molecule has 2 bridgehead atoms. The quantitative estimate of drug-likeness (QED) is 0.664. The molecule has 3 aliphatic rings. The molecule has 4 heteroatoms. The van der Waals surface area contributed by atoms with Gasteiger partial charge in [0, 0.05) is 12.6 Å². The van der Waals surface area contributed by atoms with E-state index in [0.717, 1.165) is 12.5 Å². The van der Waals surface area contributed by atoms with E-state index in [4.69, 9.17) is 6.42 Å². The normalized spacial score (nSPS) is 32.8. The second-order valence-electron chi connectivity index (χ2n) is 5.05. The van der Waals surface area contributed by atoms with Gasteiger partial charge in [-0.1, -0.05) is 5.92 Å². The van der Waals surface area contributed by atoms with Gasteiger partial charge in [0.25, 0.3) is 0 Å². The minimum absolute atomic E-state index is 0.000558. The van der Waals surface area contributed by atoms with E-state index in [1.54, 1.807) is 0 Å². The Balaban J connectivity index is 1.80. The summed E-state index contributed by atoms with van der Waals surface area (Å²) in [6.07, 6.45) is 7.64. The highest BCUT2D eigenvalue weighted by molar-refractivity contribution is 5.81. The number of nitrogens with zero attached hydrogens (tertiary/aromatic N) is 1. The van der Waals surface area contributed by atoms with Crippen LogP contribution < -0.4 is 10.6 Å². The van der Waals surface area contributed by atoms with Gasteiger partial charge in [0.1, 0.15) is 0 Å². The summed E-state index contributed by atoms with van der Waals surface area (Å²) >= 11 is 0. The van der Waals surface area contributed by atoms with Gasteiger partial charge >= 0.3 is 0 Å². The Bertz CT molecular complexity index is 315. The molecule has 3 heterocycles. The molecule has 2 unspecified atom stereocenters. The van der Waals surface area contributed by atoms with Crippen molar-refractivity contribution in [3.63, 3.8) is 0 Å². The van der Waals surface area contributed by atoms with Crippen molar-refractivity contribution >= 4 is 5.91 Å². The lowest BCUT2D eigenvalue weighted by Crippen LogP contribution is -2.59. The number of carbonyl (C=O) groups is 1. The summed E-state index contributed by atoms with van der Waals surface area (Å²) in [5.74, 6) is 3.15. The Hall–Kier alpha value is -1.05. The van der Waals surface area contributed by atoms with Crippen LogP contribution in [0.1, 0.15) is 19.8 Å². The third-order valence-electron chi connectivity index (χ3n) is 3.88. The van der Waals surface area contributed by atoms with E-state index in [-0.39, 0.29) is 11.9 Å². The lowest BCUT2D eigenvalue weighted by Gasteiger charge is -2.45. The first kappa shape index (κ1) is 12.4. The van der Waals surface area contributed by atoms with Crippen molar-refractivity contribution < 1.29 is 4.79 Å². The zero-order chi connectivity index (χ0) is 12.3. The smallest absolute Gasteiger partial charge is 0.237 e. The summed E-state index contributed by atoms with van der Waals surface area (Å²) in [6, 6.07) is 0.304. The number of rotatable bonds is 4. The van der Waals surface area contributed by atoms with Crippen LogP contribution in [0.2, 0.25) is 0 Å². The number of hydrogen-bond acceptors (Lipinski definition) is 3. The molecular formula is C13H21N3O. The fourth-order valence-electron chi connectivity index (χ4n) is 2.84. The lowest BCUT2D eigenvalue weighted by atomic mass is 9.83. The van der Waals surface area contributed by atoms with Gasteiger partial charge in [0.05, 0.1) is 12.6 Å². The first-order valence-corrected chi connectivity index (χ1v) is 6.40. The highest BCUT2D eigenvalue weighted by atomic mass is 16.2. The van der Waals surface area contributed by atoms with Crippen molar-refractivity contribution in [2.24, 2.45) is 5.92 Å². The molecule has 0 radical (unpaired) electrons. The summed E-state index contributed by atoms with van der Waals surface area (Å²) in [5.41, 5.74) is 0. The molecule has 0 aromatic heterocycles. The molecule has 3 rings (SSSR count). The van der Waals surface area contributed by atoms with Crippen LogP contribution in [0.4, 0.5) is 0 Å². The van der Waals surface area contributed by atoms with Crippen LogP contribution in [0.15, 0.2) is 0 Å². The molecule has 3 saturated heterocycles. The van der Waals surface area contributed by atoms with E-state index < -0.39 is 0 Å². The zero-order valence-electron chi connectivity index (χ0n) is 10.4. The number of amides is 1. The fourth-order valence-corrected chi connectivity index (χ4v) is 2.84. The van der Waals surface area contributed by atoms with Crippen LogP contribution in [-0.4, -0.2) is 49.1 Å². The predicted octanol–water partition coefficient (Wildman–Crippen LogP) is -0.192. The summed E-state index contributed by atoms with van der Waals surface area (Å²) < 4.78 is 0. The maximum absolute atomic E-state index is 11.7. The summed E-state index contributed by atoms with van der Waals surface area (Å²) in [7, 11) is 0. The van der Waals surface area contributed by atoms with Crippen LogP contribution in [0.25, 0.3) is 0 Å². The average Bonchev–Trinajstić information content (AvgIpc) is 2.37. The largest absolute Gasteiger partial charge is 0.344 e. The molecule has 17 heavy (non-hydrogen) atoms. The highest BCUT2D eigenvalue weighted by Gasteiger charge is 2.35. The predicted molar refractivity (Wildman–Crippen MR) is 67.4 cm³/mol. The standard InChI is InChI=1S/C13H21N3O/c1-3-6-14-13(17)10(2)15-12-9-16-7-4-11(12)5-8-16/h1,10-12,15H,4-9H2,2H3,(H,14,17). The Morgan fingerprint density at radius 3 is 2.76 bits per heavy atom. The number of fused-ring (bicyclic) bond motifs is 3. The first-order valence-electron chi connectivity index (χ1n) is 6.40. The lowest BCUT2D eigenvalue weighted by molar-refractivity contribution is -0.123. The van der Waals surface area contributed by atoms with E-state index in [1.807, 2.05) is 6.92 Å². The monoisotopic (exact) mass is 235 g/mol. The third kappa shape index (κ3) is 2.99. The molecule has 3 aliphatic heterocycles. The molecule has 0 spiro atoms. The van der Waals surface area contributed by atoms with Gasteiger partial charge in [-0.15, -0.1) is 6.42 Å². The van der Waals surface area contributed by atoms with Gasteiger partial charge in [-0.05, 0) is 38.8 Å². The topological polar surface area (TPSA) is 44.4 Å². The fraction of sp³-hybridized carbons (Fsp3) is 0.769. The Kier molecular flexibility index (Phi) is 4.03. The molecule has 3 fully saturated rings. The van der Waals surface area contributed by atoms with Crippen LogP contribution in [0.5, 0.6) is 0 Å². The van der Waals surface area contributed by atoms with Crippen molar-refractivity contribution in [1.29, 1.82) is 0 Å². The second kappa shape index (κ2) is 5.52. The number of piperidine rings is 3. The number of hydrogen-bond donors (Lipinski definition) is 2. The van der Waals surface area contributed by atoms with Crippen molar-refractivity contribution in [1.82, 2.24) is 15.5 Å². The van der Waals surface area contributed by atoms with Crippen molar-refractivity contribution in [2.75, 3.05) is 26.2 Å². The number of carbonyl (C=O) groups excluding carboxylic acids is 1.